The molecule has 1 aliphatic heterocycles. The molecule has 9 heteroatoms. The third-order valence-corrected chi connectivity index (χ3v) is 6.24. The summed E-state index contributed by atoms with van der Waals surface area (Å²) in [7, 11) is 0. The van der Waals surface area contributed by atoms with Gasteiger partial charge in [0.2, 0.25) is 17.6 Å². The molecule has 2 heterocycles. The third-order valence-electron chi connectivity index (χ3n) is 4.95. The fourth-order valence-electron chi connectivity index (χ4n) is 3.31. The molecule has 30 heavy (non-hydrogen) atoms. The van der Waals surface area contributed by atoms with Gasteiger partial charge in [-0.2, -0.15) is 4.98 Å². The van der Waals surface area contributed by atoms with E-state index in [-0.39, 0.29) is 28.4 Å². The Balaban J connectivity index is 1.33. The molecule has 1 aliphatic rings. The highest BCUT2D eigenvalue weighted by molar-refractivity contribution is 7.99. The van der Waals surface area contributed by atoms with Crippen LogP contribution in [0, 0.1) is 11.7 Å². The van der Waals surface area contributed by atoms with Crippen molar-refractivity contribution in [2.24, 2.45) is 5.92 Å². The van der Waals surface area contributed by atoms with E-state index in [4.69, 9.17) is 16.1 Å². The van der Waals surface area contributed by atoms with Crippen LogP contribution in [0.25, 0.3) is 11.4 Å². The number of nitrogens with zero attached hydrogens (tertiary/aromatic N) is 2. The molecule has 0 aliphatic carbocycles. The molecule has 1 fully saturated rings. The van der Waals surface area contributed by atoms with E-state index in [2.05, 4.69) is 20.8 Å². The number of halogens is 2. The zero-order valence-corrected chi connectivity index (χ0v) is 17.7. The SMILES string of the molecule is CC1NC(SCc2nc(-c3ccc(F)c(Cl)c3)no2)NC(=O)C1Cc1ccccc1. The predicted octanol–water partition coefficient (Wildman–Crippen LogP) is 4.01. The molecule has 0 saturated carbocycles. The summed E-state index contributed by atoms with van der Waals surface area (Å²) in [6, 6.07) is 14.3. The van der Waals surface area contributed by atoms with Gasteiger partial charge in [0.1, 0.15) is 11.3 Å². The van der Waals surface area contributed by atoms with E-state index < -0.39 is 5.82 Å². The maximum atomic E-state index is 13.3. The summed E-state index contributed by atoms with van der Waals surface area (Å²) < 4.78 is 18.6. The van der Waals surface area contributed by atoms with Crippen molar-refractivity contribution in [2.45, 2.75) is 30.6 Å². The maximum absolute atomic E-state index is 13.3. The van der Waals surface area contributed by atoms with E-state index in [9.17, 15) is 9.18 Å². The molecule has 3 atom stereocenters. The lowest BCUT2D eigenvalue weighted by atomic mass is 9.91. The number of hydrogen-bond acceptors (Lipinski definition) is 6. The number of thioether (sulfide) groups is 1. The quantitative estimate of drug-likeness (QED) is 0.595. The Kier molecular flexibility index (Phi) is 6.36. The predicted molar refractivity (Wildman–Crippen MR) is 114 cm³/mol. The minimum Gasteiger partial charge on any atom is -0.338 e. The summed E-state index contributed by atoms with van der Waals surface area (Å²) in [5, 5.41) is 10.3. The van der Waals surface area contributed by atoms with Crippen molar-refractivity contribution in [3.05, 3.63) is 70.8 Å². The molecule has 0 bridgehead atoms. The maximum Gasteiger partial charge on any atom is 0.237 e. The molecule has 0 spiro atoms. The highest BCUT2D eigenvalue weighted by atomic mass is 35.5. The van der Waals surface area contributed by atoms with E-state index in [1.54, 1.807) is 6.07 Å². The Morgan fingerprint density at radius 1 is 1.23 bits per heavy atom. The summed E-state index contributed by atoms with van der Waals surface area (Å²) >= 11 is 7.26. The van der Waals surface area contributed by atoms with Gasteiger partial charge in [-0.05, 0) is 37.1 Å². The Morgan fingerprint density at radius 2 is 2.03 bits per heavy atom. The summed E-state index contributed by atoms with van der Waals surface area (Å²) in [6.07, 6.45) is 0.686. The van der Waals surface area contributed by atoms with Crippen molar-refractivity contribution < 1.29 is 13.7 Å². The molecular weight excluding hydrogens is 427 g/mol. The monoisotopic (exact) mass is 446 g/mol. The van der Waals surface area contributed by atoms with Gasteiger partial charge in [0, 0.05) is 11.6 Å². The minimum absolute atomic E-state index is 0.00128. The van der Waals surface area contributed by atoms with E-state index in [1.165, 1.54) is 23.9 Å². The van der Waals surface area contributed by atoms with Crippen LogP contribution < -0.4 is 10.6 Å². The van der Waals surface area contributed by atoms with E-state index in [0.717, 1.165) is 5.56 Å². The van der Waals surface area contributed by atoms with Crippen LogP contribution in [-0.4, -0.2) is 27.6 Å². The molecule has 1 amide bonds. The van der Waals surface area contributed by atoms with Gasteiger partial charge in [0.25, 0.3) is 0 Å². The first-order valence-electron chi connectivity index (χ1n) is 9.49. The van der Waals surface area contributed by atoms with E-state index in [1.807, 2.05) is 37.3 Å². The van der Waals surface area contributed by atoms with Crippen molar-refractivity contribution in [3.63, 3.8) is 0 Å². The number of amides is 1. The third kappa shape index (κ3) is 4.83. The van der Waals surface area contributed by atoms with Gasteiger partial charge in [0.15, 0.2) is 0 Å². The summed E-state index contributed by atoms with van der Waals surface area (Å²) in [5.74, 6) is 0.543. The van der Waals surface area contributed by atoms with Crippen molar-refractivity contribution in [1.29, 1.82) is 0 Å². The first kappa shape index (κ1) is 20.8. The van der Waals surface area contributed by atoms with Gasteiger partial charge in [0.05, 0.1) is 16.7 Å². The molecule has 1 aromatic heterocycles. The van der Waals surface area contributed by atoms with Crippen LogP contribution in [0.1, 0.15) is 18.4 Å². The minimum atomic E-state index is -0.501. The molecule has 0 radical (unpaired) electrons. The van der Waals surface area contributed by atoms with Crippen molar-refractivity contribution in [1.82, 2.24) is 20.8 Å². The van der Waals surface area contributed by atoms with Gasteiger partial charge in [-0.15, -0.1) is 11.8 Å². The van der Waals surface area contributed by atoms with Gasteiger partial charge in [-0.3, -0.25) is 10.1 Å². The molecular formula is C21H20ClFN4O2S. The van der Waals surface area contributed by atoms with Gasteiger partial charge in [-0.25, -0.2) is 4.39 Å². The largest absolute Gasteiger partial charge is 0.338 e. The lowest BCUT2D eigenvalue weighted by Gasteiger charge is -2.35. The number of nitrogens with one attached hydrogen (secondary N) is 2. The Hall–Kier alpha value is -2.42. The Bertz CT molecular complexity index is 1030. The first-order chi connectivity index (χ1) is 14.5. The average Bonchev–Trinajstić information content (AvgIpc) is 3.21. The second-order valence-electron chi connectivity index (χ2n) is 7.09. The highest BCUT2D eigenvalue weighted by Crippen LogP contribution is 2.25. The van der Waals surface area contributed by atoms with Crippen LogP contribution >= 0.6 is 23.4 Å². The molecule has 1 saturated heterocycles. The molecule has 3 unspecified atom stereocenters. The number of rotatable bonds is 6. The number of carbonyl (C=O) groups is 1. The van der Waals surface area contributed by atoms with Crippen molar-refractivity contribution in [3.8, 4) is 11.4 Å². The second-order valence-corrected chi connectivity index (χ2v) is 8.59. The first-order valence-corrected chi connectivity index (χ1v) is 10.9. The van der Waals surface area contributed by atoms with Gasteiger partial charge >= 0.3 is 0 Å². The van der Waals surface area contributed by atoms with Crippen LogP contribution in [0.2, 0.25) is 5.02 Å². The smallest absolute Gasteiger partial charge is 0.237 e. The highest BCUT2D eigenvalue weighted by Gasteiger charge is 2.33. The van der Waals surface area contributed by atoms with Crippen LogP contribution in [-0.2, 0) is 17.0 Å². The summed E-state index contributed by atoms with van der Waals surface area (Å²) in [4.78, 5) is 16.9. The molecule has 4 rings (SSSR count). The van der Waals surface area contributed by atoms with Crippen molar-refractivity contribution >= 4 is 29.3 Å². The number of carbonyl (C=O) groups excluding carboxylic acids is 1. The molecule has 6 nitrogen and oxygen atoms in total. The fourth-order valence-corrected chi connectivity index (χ4v) is 4.43. The normalized spacial score (nSPS) is 21.4. The Labute approximate surface area is 182 Å². The van der Waals surface area contributed by atoms with Crippen LogP contribution in [0.15, 0.2) is 53.1 Å². The number of hydrogen-bond donors (Lipinski definition) is 2. The van der Waals surface area contributed by atoms with Crippen LogP contribution in [0.5, 0.6) is 0 Å². The fraction of sp³-hybridized carbons (Fsp3) is 0.286. The molecule has 2 N–H and O–H groups in total. The lowest BCUT2D eigenvalue weighted by molar-refractivity contribution is -0.128. The lowest BCUT2D eigenvalue weighted by Crippen LogP contribution is -2.59. The van der Waals surface area contributed by atoms with Gasteiger partial charge in [-0.1, -0.05) is 47.1 Å². The molecule has 3 aromatic rings. The second kappa shape index (κ2) is 9.16. The van der Waals surface area contributed by atoms with E-state index >= 15 is 0 Å². The number of benzene rings is 2. The average molecular weight is 447 g/mol. The molecule has 2 aromatic carbocycles. The topological polar surface area (TPSA) is 80.1 Å². The van der Waals surface area contributed by atoms with E-state index in [0.29, 0.717) is 29.5 Å². The Morgan fingerprint density at radius 3 is 2.77 bits per heavy atom. The standard InChI is InChI=1S/C21H20ClFN4O2S/c1-12-15(9-13-5-3-2-4-6-13)20(28)26-21(24-12)30-11-18-25-19(27-29-18)14-7-8-17(23)16(22)10-14/h2-8,10,12,15,21,24H,9,11H2,1H3,(H,26,28). The van der Waals surface area contributed by atoms with Crippen LogP contribution in [0.3, 0.4) is 0 Å². The summed E-state index contributed by atoms with van der Waals surface area (Å²) in [5.41, 5.74) is 1.45. The zero-order valence-electron chi connectivity index (χ0n) is 16.1. The zero-order chi connectivity index (χ0) is 21.1. The number of aromatic nitrogens is 2. The summed E-state index contributed by atoms with van der Waals surface area (Å²) in [6.45, 7) is 2.02. The van der Waals surface area contributed by atoms with Crippen molar-refractivity contribution in [2.75, 3.05) is 0 Å². The molecule has 156 valence electrons. The van der Waals surface area contributed by atoms with Gasteiger partial charge < -0.3 is 9.84 Å². The van der Waals surface area contributed by atoms with Crippen LogP contribution in [0.4, 0.5) is 4.39 Å².